The van der Waals surface area contributed by atoms with E-state index in [4.69, 9.17) is 4.74 Å². The van der Waals surface area contributed by atoms with Crippen LogP contribution in [-0.4, -0.2) is 34.6 Å². The Morgan fingerprint density at radius 2 is 2.47 bits per heavy atom. The highest BCUT2D eigenvalue weighted by Crippen LogP contribution is 2.21. The average Bonchev–Trinajstić information content (AvgIpc) is 3.04. The monoisotopic (exact) mass is 262 g/mol. The molecule has 1 aromatic heterocycles. The van der Waals surface area contributed by atoms with Crippen LogP contribution in [0.25, 0.3) is 11.0 Å². The molecule has 19 heavy (non-hydrogen) atoms. The molecule has 1 fully saturated rings. The van der Waals surface area contributed by atoms with Crippen LogP contribution in [0.3, 0.4) is 0 Å². The lowest BCUT2D eigenvalue weighted by Gasteiger charge is -2.07. The van der Waals surface area contributed by atoms with Gasteiger partial charge in [-0.25, -0.2) is 4.98 Å². The fourth-order valence-electron chi connectivity index (χ4n) is 2.18. The van der Waals surface area contributed by atoms with Crippen LogP contribution < -0.4 is 5.32 Å². The summed E-state index contributed by atoms with van der Waals surface area (Å²) in [5.74, 6) is 1.14. The number of hydrogen-bond acceptors (Lipinski definition) is 5. The number of hydrogen-bond donors (Lipinski definition) is 2. The van der Waals surface area contributed by atoms with Gasteiger partial charge in [0, 0.05) is 31.2 Å². The summed E-state index contributed by atoms with van der Waals surface area (Å²) in [5.41, 5.74) is 1.45. The van der Waals surface area contributed by atoms with Gasteiger partial charge in [0.25, 0.3) is 5.69 Å². The van der Waals surface area contributed by atoms with Gasteiger partial charge in [-0.1, -0.05) is 0 Å². The van der Waals surface area contributed by atoms with E-state index >= 15 is 0 Å². The molecule has 0 saturated carbocycles. The van der Waals surface area contributed by atoms with Crippen LogP contribution >= 0.6 is 0 Å². The maximum absolute atomic E-state index is 10.7. The first-order valence-corrected chi connectivity index (χ1v) is 6.18. The van der Waals surface area contributed by atoms with Gasteiger partial charge < -0.3 is 15.0 Å². The van der Waals surface area contributed by atoms with Crippen molar-refractivity contribution in [3.05, 3.63) is 28.3 Å². The van der Waals surface area contributed by atoms with Crippen LogP contribution in [0.2, 0.25) is 0 Å². The highest BCUT2D eigenvalue weighted by molar-refractivity contribution is 5.79. The summed E-state index contributed by atoms with van der Waals surface area (Å²) < 4.78 is 5.30. The minimum atomic E-state index is -0.413. The van der Waals surface area contributed by atoms with Crippen LogP contribution in [0.5, 0.6) is 0 Å². The molecule has 7 heteroatoms. The normalized spacial score (nSPS) is 18.8. The van der Waals surface area contributed by atoms with E-state index in [2.05, 4.69) is 15.3 Å². The quantitative estimate of drug-likeness (QED) is 0.648. The van der Waals surface area contributed by atoms with Crippen LogP contribution in [0.4, 0.5) is 11.6 Å². The lowest BCUT2D eigenvalue weighted by Crippen LogP contribution is -2.14. The third kappa shape index (κ3) is 2.50. The minimum absolute atomic E-state index is 0.0619. The van der Waals surface area contributed by atoms with Gasteiger partial charge in [0.2, 0.25) is 5.95 Å². The summed E-state index contributed by atoms with van der Waals surface area (Å²) >= 11 is 0. The molecule has 1 aliphatic rings. The molecule has 100 valence electrons. The number of non-ortho nitro benzene ring substituents is 1. The van der Waals surface area contributed by atoms with Gasteiger partial charge >= 0.3 is 0 Å². The van der Waals surface area contributed by atoms with Crippen molar-refractivity contribution in [2.75, 3.05) is 25.1 Å². The van der Waals surface area contributed by atoms with Crippen molar-refractivity contribution in [1.29, 1.82) is 0 Å². The number of anilines is 1. The number of fused-ring (bicyclic) bond motifs is 1. The molecule has 1 aromatic carbocycles. The molecular formula is C12H14N4O3. The van der Waals surface area contributed by atoms with Crippen LogP contribution in [0.15, 0.2) is 18.2 Å². The molecule has 1 atom stereocenters. The maximum atomic E-state index is 10.7. The molecule has 3 rings (SSSR count). The largest absolute Gasteiger partial charge is 0.381 e. The number of aromatic amines is 1. The molecule has 0 spiro atoms. The van der Waals surface area contributed by atoms with Gasteiger partial charge in [0.1, 0.15) is 0 Å². The van der Waals surface area contributed by atoms with Crippen molar-refractivity contribution < 1.29 is 9.66 Å². The minimum Gasteiger partial charge on any atom is -0.381 e. The van der Waals surface area contributed by atoms with Gasteiger partial charge in [0.05, 0.1) is 22.6 Å². The van der Waals surface area contributed by atoms with E-state index in [1.165, 1.54) is 12.1 Å². The standard InChI is InChI=1S/C12H14N4O3/c17-16(18)9-1-2-10-11(5-9)15-12(14-10)13-6-8-3-4-19-7-8/h1-2,5,8H,3-4,6-7H2,(H2,13,14,15). The Morgan fingerprint density at radius 3 is 3.21 bits per heavy atom. The van der Waals surface area contributed by atoms with E-state index in [1.54, 1.807) is 6.07 Å². The molecule has 2 aromatic rings. The Hall–Kier alpha value is -2.15. The summed E-state index contributed by atoms with van der Waals surface area (Å²) in [7, 11) is 0. The topological polar surface area (TPSA) is 93.1 Å². The zero-order valence-corrected chi connectivity index (χ0v) is 10.3. The highest BCUT2D eigenvalue weighted by atomic mass is 16.6. The van der Waals surface area contributed by atoms with Crippen LogP contribution in [-0.2, 0) is 4.74 Å². The first kappa shape index (κ1) is 11.9. The number of rotatable bonds is 4. The van der Waals surface area contributed by atoms with Gasteiger partial charge in [0.15, 0.2) is 0 Å². The lowest BCUT2D eigenvalue weighted by molar-refractivity contribution is -0.384. The Bertz CT molecular complexity index is 604. The third-order valence-electron chi connectivity index (χ3n) is 3.26. The van der Waals surface area contributed by atoms with E-state index in [-0.39, 0.29) is 5.69 Å². The smallest absolute Gasteiger partial charge is 0.271 e. The third-order valence-corrected chi connectivity index (χ3v) is 3.26. The Morgan fingerprint density at radius 1 is 1.58 bits per heavy atom. The number of aromatic nitrogens is 2. The highest BCUT2D eigenvalue weighted by Gasteiger charge is 2.16. The van der Waals surface area contributed by atoms with Crippen molar-refractivity contribution in [3.63, 3.8) is 0 Å². The second kappa shape index (κ2) is 4.85. The molecule has 1 unspecified atom stereocenters. The zero-order chi connectivity index (χ0) is 13.2. The average molecular weight is 262 g/mol. The molecule has 0 radical (unpaired) electrons. The van der Waals surface area contributed by atoms with Crippen molar-refractivity contribution in [2.45, 2.75) is 6.42 Å². The van der Waals surface area contributed by atoms with Gasteiger partial charge in [-0.05, 0) is 12.5 Å². The summed E-state index contributed by atoms with van der Waals surface area (Å²) in [5, 5.41) is 13.9. The molecule has 2 heterocycles. The number of nitrogens with one attached hydrogen (secondary N) is 2. The summed E-state index contributed by atoms with van der Waals surface area (Å²) in [6.07, 6.45) is 1.05. The molecule has 2 N–H and O–H groups in total. The molecular weight excluding hydrogens is 248 g/mol. The van der Waals surface area contributed by atoms with Crippen molar-refractivity contribution in [3.8, 4) is 0 Å². The number of nitro benzene ring substituents is 1. The first-order chi connectivity index (χ1) is 9.22. The fraction of sp³-hybridized carbons (Fsp3) is 0.417. The number of imidazole rings is 1. The molecule has 1 saturated heterocycles. The second-order valence-corrected chi connectivity index (χ2v) is 4.65. The lowest BCUT2D eigenvalue weighted by atomic mass is 10.1. The Kier molecular flexibility index (Phi) is 3.04. The van der Waals surface area contributed by atoms with Gasteiger partial charge in [-0.15, -0.1) is 0 Å². The Balaban J connectivity index is 1.75. The molecule has 1 aliphatic heterocycles. The molecule has 0 amide bonds. The van der Waals surface area contributed by atoms with Crippen LogP contribution in [0, 0.1) is 16.0 Å². The SMILES string of the molecule is O=[N+]([O-])c1ccc2nc(NCC3CCOC3)[nH]c2c1. The van der Waals surface area contributed by atoms with Crippen molar-refractivity contribution >= 4 is 22.7 Å². The van der Waals surface area contributed by atoms with Crippen molar-refractivity contribution in [1.82, 2.24) is 9.97 Å². The molecule has 0 aliphatic carbocycles. The van der Waals surface area contributed by atoms with Crippen LogP contribution in [0.1, 0.15) is 6.42 Å². The number of nitro groups is 1. The predicted octanol–water partition coefficient (Wildman–Crippen LogP) is 1.92. The van der Waals surface area contributed by atoms with Crippen molar-refractivity contribution in [2.24, 2.45) is 5.92 Å². The van der Waals surface area contributed by atoms with E-state index in [0.29, 0.717) is 17.4 Å². The van der Waals surface area contributed by atoms with Gasteiger partial charge in [-0.2, -0.15) is 0 Å². The van der Waals surface area contributed by atoms with E-state index in [1.807, 2.05) is 0 Å². The number of nitrogens with zero attached hydrogens (tertiary/aromatic N) is 2. The van der Waals surface area contributed by atoms with E-state index in [0.717, 1.165) is 31.7 Å². The number of ether oxygens (including phenoxy) is 1. The fourth-order valence-corrected chi connectivity index (χ4v) is 2.18. The van der Waals surface area contributed by atoms with E-state index in [9.17, 15) is 10.1 Å². The Labute approximate surface area is 109 Å². The number of benzene rings is 1. The first-order valence-electron chi connectivity index (χ1n) is 6.18. The second-order valence-electron chi connectivity index (χ2n) is 4.65. The molecule has 7 nitrogen and oxygen atoms in total. The predicted molar refractivity (Wildman–Crippen MR) is 70.2 cm³/mol. The number of H-pyrrole nitrogens is 1. The summed E-state index contributed by atoms with van der Waals surface area (Å²) in [6.45, 7) is 2.39. The zero-order valence-electron chi connectivity index (χ0n) is 10.3. The van der Waals surface area contributed by atoms with Gasteiger partial charge in [-0.3, -0.25) is 10.1 Å². The molecule has 0 bridgehead atoms. The summed E-state index contributed by atoms with van der Waals surface area (Å²) in [6, 6.07) is 4.60. The van der Waals surface area contributed by atoms with E-state index < -0.39 is 4.92 Å². The maximum Gasteiger partial charge on any atom is 0.271 e. The summed E-state index contributed by atoms with van der Waals surface area (Å²) in [4.78, 5) is 17.7.